The summed E-state index contributed by atoms with van der Waals surface area (Å²) in [4.78, 5) is 26.4. The van der Waals surface area contributed by atoms with E-state index in [-0.39, 0.29) is 12.4 Å². The average Bonchev–Trinajstić information content (AvgIpc) is 3.05. The van der Waals surface area contributed by atoms with Gasteiger partial charge in [0.05, 0.1) is 41.0 Å². The second-order valence-electron chi connectivity index (χ2n) is 6.51. The summed E-state index contributed by atoms with van der Waals surface area (Å²) >= 11 is 0. The lowest BCUT2D eigenvalue weighted by molar-refractivity contribution is -0.145. The Morgan fingerprint density at radius 3 is 1.97 bits per heavy atom. The minimum atomic E-state index is -0.852. The molecule has 0 aromatic heterocycles. The number of methoxy groups -OCH3 is 4. The van der Waals surface area contributed by atoms with Crippen molar-refractivity contribution in [2.75, 3.05) is 35.0 Å². The van der Waals surface area contributed by atoms with Gasteiger partial charge in [-0.3, -0.25) is 9.59 Å². The van der Waals surface area contributed by atoms with Crippen LogP contribution >= 0.6 is 0 Å². The van der Waals surface area contributed by atoms with Crippen molar-refractivity contribution in [3.05, 3.63) is 47.0 Å². The Morgan fingerprint density at radius 1 is 0.862 bits per heavy atom. The average molecular weight is 400 g/mol. The maximum absolute atomic E-state index is 13.5. The second-order valence-corrected chi connectivity index (χ2v) is 6.51. The largest absolute Gasteiger partial charge is 0.497 e. The molecule has 0 heterocycles. The Hall–Kier alpha value is -3.22. The molecule has 0 saturated heterocycles. The summed E-state index contributed by atoms with van der Waals surface area (Å²) in [6.07, 6.45) is 0. The fourth-order valence-corrected chi connectivity index (χ4v) is 3.74. The summed E-state index contributed by atoms with van der Waals surface area (Å²) < 4.78 is 26.8. The number of carbonyl (C=O) groups is 2. The molecule has 1 aliphatic rings. The summed E-state index contributed by atoms with van der Waals surface area (Å²) in [5.41, 5.74) is 1.48. The summed E-state index contributed by atoms with van der Waals surface area (Å²) in [6.45, 7) is 1.93. The number of rotatable bonds is 7. The molecule has 0 saturated carbocycles. The molecule has 0 N–H and O–H groups in total. The zero-order chi connectivity index (χ0) is 21.1. The van der Waals surface area contributed by atoms with Crippen molar-refractivity contribution in [2.45, 2.75) is 18.8 Å². The summed E-state index contributed by atoms with van der Waals surface area (Å²) in [5.74, 6) is -0.432. The fourth-order valence-electron chi connectivity index (χ4n) is 3.74. The lowest BCUT2D eigenvalue weighted by atomic mass is 9.85. The van der Waals surface area contributed by atoms with Gasteiger partial charge >= 0.3 is 5.97 Å². The minimum absolute atomic E-state index is 0.200. The molecule has 2 aromatic carbocycles. The van der Waals surface area contributed by atoms with E-state index in [2.05, 4.69) is 0 Å². The topological polar surface area (TPSA) is 80.3 Å². The quantitative estimate of drug-likeness (QED) is 0.660. The molecule has 0 spiro atoms. The predicted octanol–water partition coefficient (Wildman–Crippen LogP) is 3.35. The fraction of sp³-hybridized carbons (Fsp3) is 0.364. The molecule has 0 amide bonds. The third kappa shape index (κ3) is 3.60. The highest BCUT2D eigenvalue weighted by Crippen LogP contribution is 2.50. The molecule has 29 heavy (non-hydrogen) atoms. The Balaban J connectivity index is 2.23. The molecular weight excluding hydrogens is 376 g/mol. The van der Waals surface area contributed by atoms with Gasteiger partial charge in [0, 0.05) is 23.3 Å². The smallest absolute Gasteiger partial charge is 0.314 e. The molecule has 0 radical (unpaired) electrons. The van der Waals surface area contributed by atoms with Crippen molar-refractivity contribution in [2.24, 2.45) is 0 Å². The highest BCUT2D eigenvalue weighted by molar-refractivity contribution is 6.11. The van der Waals surface area contributed by atoms with Crippen LogP contribution in [-0.2, 0) is 9.53 Å². The summed E-state index contributed by atoms with van der Waals surface area (Å²) in [6, 6.07) is 8.45. The zero-order valence-corrected chi connectivity index (χ0v) is 17.1. The Labute approximate surface area is 169 Å². The van der Waals surface area contributed by atoms with Crippen molar-refractivity contribution < 1.29 is 33.3 Å². The number of fused-ring (bicyclic) bond motifs is 1. The van der Waals surface area contributed by atoms with E-state index in [1.54, 1.807) is 37.3 Å². The van der Waals surface area contributed by atoms with Crippen LogP contribution < -0.4 is 18.9 Å². The SMILES string of the molecule is CCOC(=O)[C@@H]1c2c(OC)cc(OC)cc2C(=O)[C@H]1c1cc(OC)cc(OC)c1. The molecule has 0 aliphatic heterocycles. The third-order valence-electron chi connectivity index (χ3n) is 5.04. The molecule has 154 valence electrons. The molecule has 7 nitrogen and oxygen atoms in total. The minimum Gasteiger partial charge on any atom is -0.497 e. The molecule has 0 bridgehead atoms. The number of ketones is 1. The predicted molar refractivity (Wildman–Crippen MR) is 106 cm³/mol. The van der Waals surface area contributed by atoms with Gasteiger partial charge in [-0.25, -0.2) is 0 Å². The number of benzene rings is 2. The number of hydrogen-bond donors (Lipinski definition) is 0. The van der Waals surface area contributed by atoms with E-state index in [9.17, 15) is 9.59 Å². The normalized spacial score (nSPS) is 17.5. The molecule has 7 heteroatoms. The lowest BCUT2D eigenvalue weighted by Gasteiger charge is -2.20. The number of esters is 1. The molecule has 2 aromatic rings. The van der Waals surface area contributed by atoms with Gasteiger partial charge in [0.2, 0.25) is 0 Å². The standard InChI is InChI=1S/C22H24O7/c1-6-29-22(24)20-18(12-7-13(25-2)9-14(8-12)26-3)21(23)16-10-15(27-4)11-17(28-5)19(16)20/h7-11,18,20H,6H2,1-5H3/t18-,20-/m0/s1. The van der Waals surface area contributed by atoms with Crippen LogP contribution in [0.5, 0.6) is 23.0 Å². The maximum Gasteiger partial charge on any atom is 0.314 e. The van der Waals surface area contributed by atoms with Crippen molar-refractivity contribution in [1.29, 1.82) is 0 Å². The van der Waals surface area contributed by atoms with Crippen LogP contribution in [0.3, 0.4) is 0 Å². The highest BCUT2D eigenvalue weighted by Gasteiger charge is 2.48. The molecule has 3 rings (SSSR count). The van der Waals surface area contributed by atoms with Gasteiger partial charge in [-0.15, -0.1) is 0 Å². The maximum atomic E-state index is 13.5. The van der Waals surface area contributed by atoms with E-state index in [0.29, 0.717) is 39.7 Å². The Morgan fingerprint density at radius 2 is 1.45 bits per heavy atom. The number of ether oxygens (including phenoxy) is 5. The van der Waals surface area contributed by atoms with Gasteiger partial charge in [-0.05, 0) is 30.7 Å². The Bertz CT molecular complexity index is 913. The number of Topliss-reactive ketones (excluding diaryl/α,β-unsaturated/α-hetero) is 1. The monoisotopic (exact) mass is 400 g/mol. The van der Waals surface area contributed by atoms with Crippen LogP contribution in [0.2, 0.25) is 0 Å². The second kappa shape index (κ2) is 8.43. The van der Waals surface area contributed by atoms with E-state index in [1.165, 1.54) is 28.4 Å². The first kappa shape index (κ1) is 20.5. The van der Waals surface area contributed by atoms with Gasteiger partial charge in [-0.1, -0.05) is 0 Å². The molecular formula is C22H24O7. The van der Waals surface area contributed by atoms with Crippen LogP contribution in [0.1, 0.15) is 40.2 Å². The van der Waals surface area contributed by atoms with Crippen molar-refractivity contribution in [1.82, 2.24) is 0 Å². The van der Waals surface area contributed by atoms with Gasteiger partial charge in [0.1, 0.15) is 28.9 Å². The highest BCUT2D eigenvalue weighted by atomic mass is 16.5. The number of carbonyl (C=O) groups excluding carboxylic acids is 2. The van der Waals surface area contributed by atoms with Crippen LogP contribution in [-0.4, -0.2) is 46.8 Å². The molecule has 0 fully saturated rings. The van der Waals surface area contributed by atoms with E-state index >= 15 is 0 Å². The van der Waals surface area contributed by atoms with E-state index in [1.807, 2.05) is 0 Å². The first-order valence-electron chi connectivity index (χ1n) is 9.18. The van der Waals surface area contributed by atoms with E-state index < -0.39 is 17.8 Å². The van der Waals surface area contributed by atoms with Gasteiger partial charge in [-0.2, -0.15) is 0 Å². The van der Waals surface area contributed by atoms with E-state index in [0.717, 1.165) is 0 Å². The summed E-state index contributed by atoms with van der Waals surface area (Å²) in [7, 11) is 6.05. The van der Waals surface area contributed by atoms with Crippen LogP contribution in [0.25, 0.3) is 0 Å². The van der Waals surface area contributed by atoms with Crippen molar-refractivity contribution in [3.63, 3.8) is 0 Å². The van der Waals surface area contributed by atoms with Crippen molar-refractivity contribution in [3.8, 4) is 23.0 Å². The van der Waals surface area contributed by atoms with Gasteiger partial charge in [0.15, 0.2) is 5.78 Å². The Kier molecular flexibility index (Phi) is 5.96. The molecule has 2 atom stereocenters. The van der Waals surface area contributed by atoms with Crippen molar-refractivity contribution >= 4 is 11.8 Å². The van der Waals surface area contributed by atoms with Crippen LogP contribution in [0.4, 0.5) is 0 Å². The number of hydrogen-bond acceptors (Lipinski definition) is 7. The molecule has 1 aliphatic carbocycles. The summed E-state index contributed by atoms with van der Waals surface area (Å²) in [5, 5.41) is 0. The van der Waals surface area contributed by atoms with Gasteiger partial charge in [0.25, 0.3) is 0 Å². The lowest BCUT2D eigenvalue weighted by Crippen LogP contribution is -2.22. The third-order valence-corrected chi connectivity index (χ3v) is 5.04. The van der Waals surface area contributed by atoms with Crippen LogP contribution in [0.15, 0.2) is 30.3 Å². The first-order valence-corrected chi connectivity index (χ1v) is 9.18. The molecule has 0 unspecified atom stereocenters. The zero-order valence-electron chi connectivity index (χ0n) is 17.1. The van der Waals surface area contributed by atoms with E-state index in [4.69, 9.17) is 23.7 Å². The van der Waals surface area contributed by atoms with Gasteiger partial charge < -0.3 is 23.7 Å². The van der Waals surface area contributed by atoms with Crippen LogP contribution in [0, 0.1) is 0 Å². The first-order chi connectivity index (χ1) is 14.0.